The van der Waals surface area contributed by atoms with Gasteiger partial charge in [0, 0.05) is 34.4 Å². The third-order valence-corrected chi connectivity index (χ3v) is 5.22. The highest BCUT2D eigenvalue weighted by Crippen LogP contribution is 2.33. The number of aromatic nitrogens is 2. The monoisotopic (exact) mass is 382 g/mol. The Morgan fingerprint density at radius 3 is 2.55 bits per heavy atom. The van der Waals surface area contributed by atoms with E-state index < -0.39 is 0 Å². The summed E-state index contributed by atoms with van der Waals surface area (Å²) in [7, 11) is 0. The number of rotatable bonds is 3. The second-order valence-electron chi connectivity index (χ2n) is 6.86. The zero-order valence-electron chi connectivity index (χ0n) is 15.8. The van der Waals surface area contributed by atoms with E-state index in [0.29, 0.717) is 15.8 Å². The number of para-hydroxylation sites is 2. The van der Waals surface area contributed by atoms with Crippen LogP contribution in [0, 0.1) is 5.21 Å². The van der Waals surface area contributed by atoms with Crippen molar-refractivity contribution in [3.05, 3.63) is 78.1 Å². The second-order valence-corrected chi connectivity index (χ2v) is 6.86. The predicted molar refractivity (Wildman–Crippen MR) is 114 cm³/mol. The fourth-order valence-corrected chi connectivity index (χ4v) is 3.92. The molecule has 142 valence electrons. The van der Waals surface area contributed by atoms with Gasteiger partial charge in [-0.25, -0.2) is 0 Å². The molecule has 6 heteroatoms. The van der Waals surface area contributed by atoms with Gasteiger partial charge in [-0.05, 0) is 43.3 Å². The number of phenols is 1. The van der Waals surface area contributed by atoms with E-state index in [4.69, 9.17) is 0 Å². The van der Waals surface area contributed by atoms with E-state index in [1.807, 2.05) is 24.3 Å². The van der Waals surface area contributed by atoms with Crippen molar-refractivity contribution in [2.24, 2.45) is 10.2 Å². The molecule has 0 aliphatic carbocycles. The molecule has 0 aliphatic rings. The van der Waals surface area contributed by atoms with Crippen LogP contribution in [0.2, 0.25) is 0 Å². The van der Waals surface area contributed by atoms with Crippen LogP contribution in [0.5, 0.6) is 5.75 Å². The van der Waals surface area contributed by atoms with Crippen LogP contribution in [0.15, 0.2) is 83.2 Å². The normalized spacial score (nSPS) is 11.9. The summed E-state index contributed by atoms with van der Waals surface area (Å²) < 4.78 is 2.92. The van der Waals surface area contributed by atoms with E-state index in [0.717, 1.165) is 23.1 Å². The van der Waals surface area contributed by atoms with Crippen molar-refractivity contribution in [3.8, 4) is 5.75 Å². The summed E-state index contributed by atoms with van der Waals surface area (Å²) in [5.74, 6) is -0.0802. The van der Waals surface area contributed by atoms with Crippen molar-refractivity contribution < 1.29 is 9.84 Å². The molecule has 0 aliphatic heterocycles. The number of nitrogens with zero attached hydrogens (tertiary/aromatic N) is 4. The summed E-state index contributed by atoms with van der Waals surface area (Å²) >= 11 is 0. The number of aromatic hydroxyl groups is 1. The fourth-order valence-electron chi connectivity index (χ4n) is 3.92. The molecule has 5 aromatic rings. The van der Waals surface area contributed by atoms with E-state index in [-0.39, 0.29) is 11.3 Å². The topological polar surface area (TPSA) is 76.8 Å². The average Bonchev–Trinajstić information content (AvgIpc) is 3.06. The molecule has 6 nitrogen and oxygen atoms in total. The molecular formula is C23H18N4O2. The average molecular weight is 382 g/mol. The molecule has 0 spiro atoms. The molecule has 0 saturated heterocycles. The van der Waals surface area contributed by atoms with Crippen LogP contribution < -0.4 is 4.73 Å². The maximum absolute atomic E-state index is 12.0. The first-order valence-electron chi connectivity index (χ1n) is 9.44. The maximum Gasteiger partial charge on any atom is 0.268 e. The summed E-state index contributed by atoms with van der Waals surface area (Å²) in [6, 6.07) is 20.9. The molecule has 1 N–H and O–H groups in total. The Bertz CT molecular complexity index is 1410. The van der Waals surface area contributed by atoms with Gasteiger partial charge in [-0.1, -0.05) is 24.3 Å². The van der Waals surface area contributed by atoms with Gasteiger partial charge in [-0.15, -0.1) is 5.11 Å². The van der Waals surface area contributed by atoms with Crippen molar-refractivity contribution in [3.63, 3.8) is 0 Å². The lowest BCUT2D eigenvalue weighted by atomic mass is 10.1. The van der Waals surface area contributed by atoms with E-state index in [1.54, 1.807) is 18.2 Å². The van der Waals surface area contributed by atoms with Gasteiger partial charge in [0.15, 0.2) is 11.9 Å². The SMILES string of the molecule is CCn1c2ccccc2c2cc(N=Nc3cc[n+]([O-])c4c(O)cccc34)ccc21. The number of azo groups is 1. The molecular weight excluding hydrogens is 364 g/mol. The van der Waals surface area contributed by atoms with E-state index >= 15 is 0 Å². The Hall–Kier alpha value is -3.93. The molecule has 0 amide bonds. The van der Waals surface area contributed by atoms with Crippen molar-refractivity contribution >= 4 is 44.1 Å². The van der Waals surface area contributed by atoms with Crippen LogP contribution in [0.1, 0.15) is 6.92 Å². The standard InChI is InChI=1S/C23H18N4O2/c1-2-26-20-8-4-3-6-16(20)18-14-15(10-11-21(18)26)24-25-19-12-13-27(29)23-17(19)7-5-9-22(23)28/h3-14,28H,2H2,1H3. The van der Waals surface area contributed by atoms with Crippen LogP contribution in [0.4, 0.5) is 11.4 Å². The first-order valence-corrected chi connectivity index (χ1v) is 9.44. The highest BCUT2D eigenvalue weighted by atomic mass is 16.5. The number of fused-ring (bicyclic) bond motifs is 4. The zero-order chi connectivity index (χ0) is 20.0. The van der Waals surface area contributed by atoms with Crippen LogP contribution in [0.25, 0.3) is 32.7 Å². The highest BCUT2D eigenvalue weighted by molar-refractivity contribution is 6.08. The number of benzene rings is 3. The van der Waals surface area contributed by atoms with Crippen LogP contribution in [-0.2, 0) is 6.54 Å². The van der Waals surface area contributed by atoms with Crippen LogP contribution in [0.3, 0.4) is 0 Å². The first-order chi connectivity index (χ1) is 14.2. The van der Waals surface area contributed by atoms with Gasteiger partial charge >= 0.3 is 0 Å². The molecule has 2 aromatic heterocycles. The largest absolute Gasteiger partial charge is 0.618 e. The summed E-state index contributed by atoms with van der Waals surface area (Å²) in [6.45, 7) is 3.03. The van der Waals surface area contributed by atoms with Gasteiger partial charge in [0.1, 0.15) is 5.69 Å². The van der Waals surface area contributed by atoms with Gasteiger partial charge in [-0.2, -0.15) is 9.84 Å². The molecule has 0 radical (unpaired) electrons. The Morgan fingerprint density at radius 1 is 0.897 bits per heavy atom. The van der Waals surface area contributed by atoms with Crippen molar-refractivity contribution in [2.75, 3.05) is 0 Å². The van der Waals surface area contributed by atoms with Crippen LogP contribution in [-0.4, -0.2) is 9.67 Å². The third kappa shape index (κ3) is 2.69. The molecule has 0 bridgehead atoms. The molecule has 29 heavy (non-hydrogen) atoms. The number of hydrogen-bond donors (Lipinski definition) is 1. The molecule has 0 saturated carbocycles. The van der Waals surface area contributed by atoms with Gasteiger partial charge in [0.25, 0.3) is 5.52 Å². The van der Waals surface area contributed by atoms with Gasteiger partial charge < -0.3 is 14.9 Å². The third-order valence-electron chi connectivity index (χ3n) is 5.22. The minimum atomic E-state index is -0.0802. The molecule has 3 aromatic carbocycles. The predicted octanol–water partition coefficient (Wildman–Crippen LogP) is 5.72. The van der Waals surface area contributed by atoms with Gasteiger partial charge in [-0.3, -0.25) is 0 Å². The summed E-state index contributed by atoms with van der Waals surface area (Å²) in [4.78, 5) is 0. The fraction of sp³-hybridized carbons (Fsp3) is 0.0870. The zero-order valence-corrected chi connectivity index (χ0v) is 15.8. The van der Waals surface area contributed by atoms with Gasteiger partial charge in [0.05, 0.1) is 11.1 Å². The number of aryl methyl sites for hydroxylation is 1. The van der Waals surface area contributed by atoms with Gasteiger partial charge in [0.2, 0.25) is 0 Å². The Balaban J connectivity index is 1.64. The Kier molecular flexibility index (Phi) is 3.91. The quantitative estimate of drug-likeness (QED) is 0.246. The first kappa shape index (κ1) is 17.2. The molecule has 0 atom stereocenters. The lowest BCUT2D eigenvalue weighted by Gasteiger charge is -2.04. The van der Waals surface area contributed by atoms with Crippen molar-refractivity contribution in [1.82, 2.24) is 4.57 Å². The molecule has 2 heterocycles. The number of hydrogen-bond acceptors (Lipinski definition) is 4. The number of pyridine rings is 1. The summed E-state index contributed by atoms with van der Waals surface area (Å²) in [6.07, 6.45) is 1.33. The van der Waals surface area contributed by atoms with E-state index in [9.17, 15) is 10.3 Å². The minimum absolute atomic E-state index is 0.0802. The lowest BCUT2D eigenvalue weighted by molar-refractivity contribution is -0.577. The number of phenolic OH excluding ortho intramolecular Hbond substituents is 1. The molecule has 0 unspecified atom stereocenters. The minimum Gasteiger partial charge on any atom is -0.618 e. The lowest BCUT2D eigenvalue weighted by Crippen LogP contribution is -2.25. The van der Waals surface area contributed by atoms with Crippen molar-refractivity contribution in [1.29, 1.82) is 0 Å². The molecule has 5 rings (SSSR count). The summed E-state index contributed by atoms with van der Waals surface area (Å²) in [5.41, 5.74) is 3.80. The van der Waals surface area contributed by atoms with Crippen molar-refractivity contribution in [2.45, 2.75) is 13.5 Å². The summed E-state index contributed by atoms with van der Waals surface area (Å²) in [5, 5.41) is 33.6. The Labute approximate surface area is 166 Å². The van der Waals surface area contributed by atoms with E-state index in [1.165, 1.54) is 23.2 Å². The van der Waals surface area contributed by atoms with Crippen LogP contribution >= 0.6 is 0 Å². The Morgan fingerprint density at radius 2 is 1.69 bits per heavy atom. The smallest absolute Gasteiger partial charge is 0.268 e. The molecule has 0 fully saturated rings. The highest BCUT2D eigenvalue weighted by Gasteiger charge is 2.13. The second kappa shape index (κ2) is 6.60. The maximum atomic E-state index is 12.0. The van der Waals surface area contributed by atoms with E-state index in [2.05, 4.69) is 39.9 Å².